The van der Waals surface area contributed by atoms with Crippen molar-refractivity contribution in [3.05, 3.63) is 65.7 Å². The summed E-state index contributed by atoms with van der Waals surface area (Å²) >= 11 is 0. The highest BCUT2D eigenvalue weighted by atomic mass is 19.1. The van der Waals surface area contributed by atoms with Crippen LogP contribution in [0.15, 0.2) is 48.5 Å². The van der Waals surface area contributed by atoms with E-state index in [2.05, 4.69) is 29.6 Å². The van der Waals surface area contributed by atoms with Gasteiger partial charge in [-0.3, -0.25) is 0 Å². The van der Waals surface area contributed by atoms with Crippen molar-refractivity contribution in [1.29, 1.82) is 0 Å². The first kappa shape index (κ1) is 14.1. The first-order valence-electron chi connectivity index (χ1n) is 7.48. The van der Waals surface area contributed by atoms with Gasteiger partial charge in [0.05, 0.1) is 0 Å². The quantitative estimate of drug-likeness (QED) is 0.827. The van der Waals surface area contributed by atoms with Gasteiger partial charge in [-0.1, -0.05) is 30.3 Å². The highest BCUT2D eigenvalue weighted by Gasteiger charge is 2.22. The summed E-state index contributed by atoms with van der Waals surface area (Å²) in [6, 6.07) is 14.5. The van der Waals surface area contributed by atoms with Crippen LogP contribution in [0.25, 0.3) is 0 Å². The molecule has 0 aromatic heterocycles. The van der Waals surface area contributed by atoms with Crippen LogP contribution in [0, 0.1) is 11.6 Å². The summed E-state index contributed by atoms with van der Waals surface area (Å²) in [4.78, 5) is 0. The van der Waals surface area contributed by atoms with E-state index in [0.717, 1.165) is 31.7 Å². The summed E-state index contributed by atoms with van der Waals surface area (Å²) in [5.41, 5.74) is 1.93. The minimum absolute atomic E-state index is 0.297. The molecule has 0 aliphatic heterocycles. The van der Waals surface area contributed by atoms with Crippen molar-refractivity contribution in [3.63, 3.8) is 0 Å². The summed E-state index contributed by atoms with van der Waals surface area (Å²) in [5, 5.41) is 3.25. The maximum atomic E-state index is 13.2. The average molecular weight is 287 g/mol. The van der Waals surface area contributed by atoms with Crippen LogP contribution in [0.4, 0.5) is 14.5 Å². The van der Waals surface area contributed by atoms with Gasteiger partial charge < -0.3 is 5.32 Å². The lowest BCUT2D eigenvalue weighted by atomic mass is 9.82. The first-order valence-corrected chi connectivity index (χ1v) is 7.48. The Bertz CT molecular complexity index is 569. The van der Waals surface area contributed by atoms with E-state index in [1.807, 2.05) is 6.07 Å². The standard InChI is InChI=1S/C18H19F2N/c19-15-10-16(20)12-18(11-15)21-17-8-6-14(7-9-17)13-4-2-1-3-5-13/h1-5,10-12,14,17,21H,6-9H2. The number of hydrogen-bond acceptors (Lipinski definition) is 1. The molecule has 110 valence electrons. The zero-order valence-corrected chi connectivity index (χ0v) is 11.9. The number of rotatable bonds is 3. The minimum Gasteiger partial charge on any atom is -0.382 e. The van der Waals surface area contributed by atoms with E-state index in [9.17, 15) is 8.78 Å². The number of hydrogen-bond donors (Lipinski definition) is 1. The van der Waals surface area contributed by atoms with Crippen LogP contribution in [0.1, 0.15) is 37.2 Å². The molecule has 0 bridgehead atoms. The molecule has 3 rings (SSSR count). The van der Waals surface area contributed by atoms with Crippen molar-refractivity contribution in [1.82, 2.24) is 0 Å². The summed E-state index contributed by atoms with van der Waals surface area (Å²) in [6.45, 7) is 0. The Morgan fingerprint density at radius 3 is 2.05 bits per heavy atom. The second kappa shape index (κ2) is 6.25. The minimum atomic E-state index is -0.532. The summed E-state index contributed by atoms with van der Waals surface area (Å²) < 4.78 is 26.4. The van der Waals surface area contributed by atoms with Crippen molar-refractivity contribution in [2.24, 2.45) is 0 Å². The Labute approximate surface area is 124 Å². The topological polar surface area (TPSA) is 12.0 Å². The molecule has 1 N–H and O–H groups in total. The van der Waals surface area contributed by atoms with Crippen molar-refractivity contribution >= 4 is 5.69 Å². The molecule has 2 aromatic rings. The highest BCUT2D eigenvalue weighted by Crippen LogP contribution is 2.33. The van der Waals surface area contributed by atoms with Crippen LogP contribution in [0.5, 0.6) is 0 Å². The monoisotopic (exact) mass is 287 g/mol. The van der Waals surface area contributed by atoms with Crippen LogP contribution in [-0.4, -0.2) is 6.04 Å². The smallest absolute Gasteiger partial charge is 0.128 e. The lowest BCUT2D eigenvalue weighted by Gasteiger charge is -2.30. The van der Waals surface area contributed by atoms with Gasteiger partial charge in [0.2, 0.25) is 0 Å². The second-order valence-electron chi connectivity index (χ2n) is 5.76. The number of benzene rings is 2. The van der Waals surface area contributed by atoms with Gasteiger partial charge in [-0.15, -0.1) is 0 Å². The Morgan fingerprint density at radius 2 is 1.43 bits per heavy atom. The zero-order chi connectivity index (χ0) is 14.7. The average Bonchev–Trinajstić information content (AvgIpc) is 2.48. The molecule has 1 aliphatic carbocycles. The van der Waals surface area contributed by atoms with Gasteiger partial charge in [-0.25, -0.2) is 8.78 Å². The number of anilines is 1. The van der Waals surface area contributed by atoms with Crippen molar-refractivity contribution in [2.45, 2.75) is 37.6 Å². The molecule has 3 heteroatoms. The van der Waals surface area contributed by atoms with E-state index in [4.69, 9.17) is 0 Å². The van der Waals surface area contributed by atoms with Gasteiger partial charge >= 0.3 is 0 Å². The van der Waals surface area contributed by atoms with Crippen molar-refractivity contribution < 1.29 is 8.78 Å². The van der Waals surface area contributed by atoms with Crippen LogP contribution in [0.3, 0.4) is 0 Å². The van der Waals surface area contributed by atoms with Gasteiger partial charge in [0.1, 0.15) is 11.6 Å². The Hall–Kier alpha value is -1.90. The van der Waals surface area contributed by atoms with Crippen LogP contribution < -0.4 is 5.32 Å². The van der Waals surface area contributed by atoms with Gasteiger partial charge in [-0.05, 0) is 49.3 Å². The normalized spacial score (nSPS) is 22.0. The first-order chi connectivity index (χ1) is 10.2. The highest BCUT2D eigenvalue weighted by molar-refractivity contribution is 5.44. The number of halogens is 2. The second-order valence-corrected chi connectivity index (χ2v) is 5.76. The molecule has 1 saturated carbocycles. The molecule has 0 saturated heterocycles. The largest absolute Gasteiger partial charge is 0.382 e. The van der Waals surface area contributed by atoms with Crippen LogP contribution in [0.2, 0.25) is 0 Å². The van der Waals surface area contributed by atoms with E-state index in [-0.39, 0.29) is 0 Å². The maximum absolute atomic E-state index is 13.2. The molecule has 0 heterocycles. The van der Waals surface area contributed by atoms with Crippen LogP contribution in [-0.2, 0) is 0 Å². The van der Waals surface area contributed by atoms with Gasteiger partial charge in [-0.2, -0.15) is 0 Å². The van der Waals surface area contributed by atoms with E-state index >= 15 is 0 Å². The molecule has 0 unspecified atom stereocenters. The summed E-state index contributed by atoms with van der Waals surface area (Å²) in [7, 11) is 0. The third-order valence-electron chi connectivity index (χ3n) is 4.23. The van der Waals surface area contributed by atoms with Gasteiger partial charge in [0.25, 0.3) is 0 Å². The molecule has 2 aromatic carbocycles. The van der Waals surface area contributed by atoms with E-state index < -0.39 is 11.6 Å². The lowest BCUT2D eigenvalue weighted by Crippen LogP contribution is -2.25. The van der Waals surface area contributed by atoms with Gasteiger partial charge in [0, 0.05) is 17.8 Å². The Balaban J connectivity index is 1.58. The van der Waals surface area contributed by atoms with E-state index in [1.165, 1.54) is 17.7 Å². The Kier molecular flexibility index (Phi) is 4.18. The maximum Gasteiger partial charge on any atom is 0.128 e. The van der Waals surface area contributed by atoms with E-state index in [0.29, 0.717) is 17.6 Å². The molecule has 0 atom stereocenters. The molecule has 0 radical (unpaired) electrons. The molecule has 1 fully saturated rings. The molecule has 0 spiro atoms. The lowest BCUT2D eigenvalue weighted by molar-refractivity contribution is 0.412. The SMILES string of the molecule is Fc1cc(F)cc(NC2CCC(c3ccccc3)CC2)c1. The number of nitrogens with one attached hydrogen (secondary N) is 1. The van der Waals surface area contributed by atoms with Crippen molar-refractivity contribution in [2.75, 3.05) is 5.32 Å². The molecule has 21 heavy (non-hydrogen) atoms. The molecule has 1 aliphatic rings. The van der Waals surface area contributed by atoms with Crippen molar-refractivity contribution in [3.8, 4) is 0 Å². The summed E-state index contributed by atoms with van der Waals surface area (Å²) in [6.07, 6.45) is 4.27. The van der Waals surface area contributed by atoms with Crippen LogP contribution >= 0.6 is 0 Å². The fourth-order valence-corrected chi connectivity index (χ4v) is 3.17. The molecule has 1 nitrogen and oxygen atoms in total. The van der Waals surface area contributed by atoms with E-state index in [1.54, 1.807) is 0 Å². The predicted molar refractivity (Wildman–Crippen MR) is 81.4 cm³/mol. The fraction of sp³-hybridized carbons (Fsp3) is 0.333. The molecule has 0 amide bonds. The molecular formula is C18H19F2N. The summed E-state index contributed by atoms with van der Waals surface area (Å²) in [5.74, 6) is -0.459. The third-order valence-corrected chi connectivity index (χ3v) is 4.23. The molecular weight excluding hydrogens is 268 g/mol. The predicted octanol–water partition coefficient (Wildman–Crippen LogP) is 5.10. The zero-order valence-electron chi connectivity index (χ0n) is 11.9. The third kappa shape index (κ3) is 3.60. The van der Waals surface area contributed by atoms with Gasteiger partial charge in [0.15, 0.2) is 0 Å². The Morgan fingerprint density at radius 1 is 0.810 bits per heavy atom. The fourth-order valence-electron chi connectivity index (χ4n) is 3.17.